The van der Waals surface area contributed by atoms with Crippen LogP contribution in [0.15, 0.2) is 72.8 Å². The number of carbonyl (C=O) groups excluding carboxylic acids is 3. The fourth-order valence-corrected chi connectivity index (χ4v) is 3.82. The normalized spacial score (nSPS) is 19.0. The molecular weight excluding hydrogens is 427 g/mol. The summed E-state index contributed by atoms with van der Waals surface area (Å²) in [6.07, 6.45) is -0.306. The number of rotatable bonds is 9. The molecule has 1 aliphatic heterocycles. The fraction of sp³-hybridized carbons (Fsp3) is 0.227. The minimum Gasteiger partial charge on any atom is -0.451 e. The van der Waals surface area contributed by atoms with E-state index in [9.17, 15) is 14.4 Å². The van der Waals surface area contributed by atoms with E-state index in [0.29, 0.717) is 6.41 Å². The van der Waals surface area contributed by atoms with E-state index in [0.717, 1.165) is 16.0 Å². The highest BCUT2D eigenvalue weighted by atomic mass is 35.5. The van der Waals surface area contributed by atoms with E-state index >= 15 is 0 Å². The first-order valence-corrected chi connectivity index (χ1v) is 10.2. The fourth-order valence-electron chi connectivity index (χ4n) is 3.29. The zero-order valence-corrected chi connectivity index (χ0v) is 17.4. The van der Waals surface area contributed by atoms with Crippen LogP contribution in [0, 0.1) is 0 Å². The molecule has 6 nitrogen and oxygen atoms in total. The number of nitrogens with zero attached hydrogens (tertiary/aromatic N) is 1. The maximum Gasteiger partial charge on any atom is 0.334 e. The van der Waals surface area contributed by atoms with E-state index in [1.54, 1.807) is 0 Å². The first-order valence-electron chi connectivity index (χ1n) is 9.19. The topological polar surface area (TPSA) is 75.7 Å². The third-order valence-corrected chi connectivity index (χ3v) is 5.61. The maximum atomic E-state index is 13.2. The van der Waals surface area contributed by atoms with E-state index in [4.69, 9.17) is 27.9 Å². The van der Waals surface area contributed by atoms with Crippen molar-refractivity contribution in [1.82, 2.24) is 10.2 Å². The molecule has 0 radical (unpaired) electrons. The Morgan fingerprint density at radius 1 is 1.13 bits per heavy atom. The zero-order chi connectivity index (χ0) is 21.7. The van der Waals surface area contributed by atoms with Gasteiger partial charge in [0, 0.05) is 5.88 Å². The largest absolute Gasteiger partial charge is 0.451 e. The quantitative estimate of drug-likeness (QED) is 0.160. The van der Waals surface area contributed by atoms with Crippen molar-refractivity contribution < 1.29 is 19.1 Å². The van der Waals surface area contributed by atoms with Crippen LogP contribution < -0.4 is 5.32 Å². The predicted molar refractivity (Wildman–Crippen MR) is 114 cm³/mol. The summed E-state index contributed by atoms with van der Waals surface area (Å²) in [5.74, 6) is -1.28. The third-order valence-electron chi connectivity index (χ3n) is 4.81. The minimum absolute atomic E-state index is 0.0692. The first kappa shape index (κ1) is 21.9. The lowest BCUT2D eigenvalue weighted by Gasteiger charge is -2.46. The summed E-state index contributed by atoms with van der Waals surface area (Å²) < 4.78 is 5.86. The second-order valence-corrected chi connectivity index (χ2v) is 7.43. The molecule has 3 atom stereocenters. The summed E-state index contributed by atoms with van der Waals surface area (Å²) in [5, 5.41) is 2.34. The molecular formula is C22H20Cl2N2O4. The van der Waals surface area contributed by atoms with Crippen LogP contribution in [0.5, 0.6) is 0 Å². The van der Waals surface area contributed by atoms with Crippen LogP contribution in [0.1, 0.15) is 17.2 Å². The molecule has 0 bridgehead atoms. The Kier molecular flexibility index (Phi) is 7.13. The molecule has 1 N–H and O–H groups in total. The van der Waals surface area contributed by atoms with Gasteiger partial charge in [-0.2, -0.15) is 0 Å². The summed E-state index contributed by atoms with van der Waals surface area (Å²) >= 11 is 12.2. The predicted octanol–water partition coefficient (Wildman–Crippen LogP) is 3.00. The number of nitrogens with one attached hydrogen (secondary N) is 1. The number of esters is 1. The molecule has 30 heavy (non-hydrogen) atoms. The number of hydrogen-bond donors (Lipinski definition) is 1. The molecule has 0 spiro atoms. The molecule has 3 unspecified atom stereocenters. The van der Waals surface area contributed by atoms with Crippen molar-refractivity contribution in [3.63, 3.8) is 0 Å². The Labute approximate surface area is 184 Å². The lowest BCUT2D eigenvalue weighted by atomic mass is 9.98. The number of β-lactam (4-membered cyclic amide) rings is 1. The molecule has 1 fully saturated rings. The first-order chi connectivity index (χ1) is 14.5. The Morgan fingerprint density at radius 3 is 2.10 bits per heavy atom. The smallest absolute Gasteiger partial charge is 0.334 e. The number of benzene rings is 2. The van der Waals surface area contributed by atoms with E-state index in [-0.39, 0.29) is 11.5 Å². The van der Waals surface area contributed by atoms with Crippen molar-refractivity contribution in [2.24, 2.45) is 0 Å². The number of hydrogen-bond acceptors (Lipinski definition) is 4. The van der Waals surface area contributed by atoms with Crippen molar-refractivity contribution in [2.45, 2.75) is 23.7 Å². The SMILES string of the molecule is C=C(CCl)C(C(=O)OC(c1ccccc1)c1ccccc1)N1C(=O)C(NC=O)C1Cl. The van der Waals surface area contributed by atoms with E-state index in [2.05, 4.69) is 11.9 Å². The van der Waals surface area contributed by atoms with Gasteiger partial charge in [0.05, 0.1) is 0 Å². The summed E-state index contributed by atoms with van der Waals surface area (Å²) in [6.45, 7) is 3.81. The average Bonchev–Trinajstić information content (AvgIpc) is 2.79. The van der Waals surface area contributed by atoms with E-state index < -0.39 is 35.6 Å². The number of carbonyl (C=O) groups is 3. The van der Waals surface area contributed by atoms with Crippen molar-refractivity contribution in [3.05, 3.63) is 83.9 Å². The van der Waals surface area contributed by atoms with Crippen LogP contribution in [0.25, 0.3) is 0 Å². The van der Waals surface area contributed by atoms with E-state index in [1.807, 2.05) is 60.7 Å². The Bertz CT molecular complexity index is 884. The van der Waals surface area contributed by atoms with Crippen LogP contribution in [-0.4, -0.2) is 46.7 Å². The lowest BCUT2D eigenvalue weighted by Crippen LogP contribution is -2.71. The van der Waals surface area contributed by atoms with Gasteiger partial charge >= 0.3 is 5.97 Å². The molecule has 1 heterocycles. The molecule has 2 amide bonds. The monoisotopic (exact) mass is 446 g/mol. The minimum atomic E-state index is -1.17. The van der Waals surface area contributed by atoms with Gasteiger partial charge in [-0.05, 0) is 16.7 Å². The molecule has 0 saturated carbocycles. The molecule has 1 aliphatic rings. The highest BCUT2D eigenvalue weighted by molar-refractivity contribution is 6.27. The van der Waals surface area contributed by atoms with Crippen LogP contribution in [-0.2, 0) is 19.1 Å². The van der Waals surface area contributed by atoms with Gasteiger partial charge in [0.2, 0.25) is 6.41 Å². The zero-order valence-electron chi connectivity index (χ0n) is 15.9. The van der Waals surface area contributed by atoms with Crippen LogP contribution in [0.4, 0.5) is 0 Å². The number of alkyl halides is 2. The van der Waals surface area contributed by atoms with Gasteiger partial charge in [0.25, 0.3) is 5.91 Å². The molecule has 2 aromatic rings. The summed E-state index contributed by atoms with van der Waals surface area (Å²) in [4.78, 5) is 37.5. The second-order valence-electron chi connectivity index (χ2n) is 6.71. The van der Waals surface area contributed by atoms with Gasteiger partial charge in [-0.15, -0.1) is 11.6 Å². The van der Waals surface area contributed by atoms with Crippen molar-refractivity contribution in [1.29, 1.82) is 0 Å². The lowest BCUT2D eigenvalue weighted by molar-refractivity contribution is -0.165. The molecule has 0 aliphatic carbocycles. The van der Waals surface area contributed by atoms with Gasteiger partial charge in [0.15, 0.2) is 12.1 Å². The molecule has 2 aromatic carbocycles. The highest BCUT2D eigenvalue weighted by Crippen LogP contribution is 2.32. The van der Waals surface area contributed by atoms with Gasteiger partial charge in [0.1, 0.15) is 11.5 Å². The standard InChI is InChI=1S/C22H20Cl2N2O4/c1-14(12-23)18(26-20(24)17(21(26)28)25-13-27)22(29)30-19(15-8-4-2-5-9-15)16-10-6-3-7-11-16/h2-11,13,17-20H,1,12H2,(H,25,27). The van der Waals surface area contributed by atoms with Gasteiger partial charge < -0.3 is 15.0 Å². The average molecular weight is 447 g/mol. The van der Waals surface area contributed by atoms with Crippen LogP contribution >= 0.6 is 23.2 Å². The maximum absolute atomic E-state index is 13.2. The summed E-state index contributed by atoms with van der Waals surface area (Å²) in [6, 6.07) is 16.4. The molecule has 8 heteroatoms. The van der Waals surface area contributed by atoms with Crippen molar-refractivity contribution in [3.8, 4) is 0 Å². The summed E-state index contributed by atoms with van der Waals surface area (Å²) in [7, 11) is 0. The van der Waals surface area contributed by atoms with Crippen LogP contribution in [0.2, 0.25) is 0 Å². The number of halogens is 2. The molecule has 156 valence electrons. The second kappa shape index (κ2) is 9.78. The Morgan fingerprint density at radius 2 is 1.67 bits per heavy atom. The molecule has 1 saturated heterocycles. The summed E-state index contributed by atoms with van der Waals surface area (Å²) in [5.41, 5.74) is 0.882. The highest BCUT2D eigenvalue weighted by Gasteiger charge is 2.52. The Balaban J connectivity index is 1.89. The van der Waals surface area contributed by atoms with Gasteiger partial charge in [-0.25, -0.2) is 4.79 Å². The third kappa shape index (κ3) is 4.35. The van der Waals surface area contributed by atoms with Crippen LogP contribution in [0.3, 0.4) is 0 Å². The number of ether oxygens (including phenoxy) is 1. The molecule has 0 aromatic heterocycles. The van der Waals surface area contributed by atoms with Gasteiger partial charge in [-0.1, -0.05) is 78.8 Å². The number of likely N-dealkylation sites (tertiary alicyclic amines) is 1. The van der Waals surface area contributed by atoms with Crippen molar-refractivity contribution >= 4 is 41.5 Å². The van der Waals surface area contributed by atoms with Gasteiger partial charge in [-0.3, -0.25) is 9.59 Å². The van der Waals surface area contributed by atoms with E-state index in [1.165, 1.54) is 0 Å². The molecule has 3 rings (SSSR count). The Hall–Kier alpha value is -2.83. The number of amides is 2. The van der Waals surface area contributed by atoms with Crippen molar-refractivity contribution in [2.75, 3.05) is 5.88 Å².